The molecule has 1 aromatic carbocycles. The van der Waals surface area contributed by atoms with Crippen LogP contribution in [0.25, 0.3) is 0 Å². The highest BCUT2D eigenvalue weighted by atomic mass is 16.3. The Labute approximate surface area is 139 Å². The van der Waals surface area contributed by atoms with Crippen LogP contribution in [0.4, 0.5) is 4.79 Å². The van der Waals surface area contributed by atoms with Crippen LogP contribution in [0.3, 0.4) is 0 Å². The number of amides is 2. The zero-order valence-corrected chi connectivity index (χ0v) is 14.1. The van der Waals surface area contributed by atoms with Gasteiger partial charge in [0.1, 0.15) is 0 Å². The van der Waals surface area contributed by atoms with Crippen molar-refractivity contribution >= 4 is 6.03 Å². The molecular formula is C19H30N2O2. The summed E-state index contributed by atoms with van der Waals surface area (Å²) in [6.45, 7) is 2.80. The smallest absolute Gasteiger partial charge is 0.315 e. The molecule has 0 spiro atoms. The van der Waals surface area contributed by atoms with E-state index in [0.717, 1.165) is 44.9 Å². The quantitative estimate of drug-likeness (QED) is 0.723. The number of hydrogen-bond donors (Lipinski definition) is 3. The van der Waals surface area contributed by atoms with Gasteiger partial charge in [-0.1, -0.05) is 50.1 Å². The molecule has 0 aliphatic heterocycles. The first kappa shape index (κ1) is 17.8. The van der Waals surface area contributed by atoms with E-state index in [1.165, 1.54) is 5.56 Å². The number of urea groups is 1. The molecule has 4 heteroatoms. The standard InChI is InChI=1S/C19H30N2O2/c1-2-7-17(12-15-8-4-3-5-9-15)21-19(23)20-14-16-10-6-11-18(22)13-16/h3-5,8-9,16-18,22H,2,6-7,10-14H2,1H3,(H2,20,21,23). The third-order valence-corrected chi connectivity index (χ3v) is 4.60. The van der Waals surface area contributed by atoms with E-state index < -0.39 is 0 Å². The number of carbonyl (C=O) groups excluding carboxylic acids is 1. The normalized spacial score (nSPS) is 22.3. The molecule has 2 rings (SSSR count). The Morgan fingerprint density at radius 1 is 1.30 bits per heavy atom. The second-order valence-electron chi connectivity index (χ2n) is 6.72. The first-order valence-electron chi connectivity index (χ1n) is 8.93. The van der Waals surface area contributed by atoms with Gasteiger partial charge in [0.05, 0.1) is 6.10 Å². The Bertz CT molecular complexity index is 464. The molecule has 1 aliphatic carbocycles. The molecule has 1 aromatic rings. The summed E-state index contributed by atoms with van der Waals surface area (Å²) in [5, 5.41) is 15.8. The van der Waals surface area contributed by atoms with Crippen LogP contribution in [0, 0.1) is 5.92 Å². The van der Waals surface area contributed by atoms with Gasteiger partial charge in [-0.15, -0.1) is 0 Å². The van der Waals surface area contributed by atoms with Crippen LogP contribution in [0.15, 0.2) is 30.3 Å². The van der Waals surface area contributed by atoms with Gasteiger partial charge < -0.3 is 15.7 Å². The summed E-state index contributed by atoms with van der Waals surface area (Å²) in [5.74, 6) is 0.406. The van der Waals surface area contributed by atoms with Gasteiger partial charge >= 0.3 is 6.03 Å². The Morgan fingerprint density at radius 3 is 2.78 bits per heavy atom. The Kier molecular flexibility index (Phi) is 7.40. The van der Waals surface area contributed by atoms with E-state index in [0.29, 0.717) is 12.5 Å². The summed E-state index contributed by atoms with van der Waals surface area (Å²) in [6.07, 6.45) is 6.56. The van der Waals surface area contributed by atoms with E-state index >= 15 is 0 Å². The van der Waals surface area contributed by atoms with Crippen molar-refractivity contribution < 1.29 is 9.90 Å². The molecule has 1 fully saturated rings. The second-order valence-corrected chi connectivity index (χ2v) is 6.72. The second kappa shape index (κ2) is 9.56. The maximum atomic E-state index is 12.2. The van der Waals surface area contributed by atoms with E-state index in [4.69, 9.17) is 0 Å². The van der Waals surface area contributed by atoms with Gasteiger partial charge in [0, 0.05) is 12.6 Å². The maximum absolute atomic E-state index is 12.2. The van der Waals surface area contributed by atoms with E-state index in [1.807, 2.05) is 18.2 Å². The van der Waals surface area contributed by atoms with Crippen molar-refractivity contribution in [3.05, 3.63) is 35.9 Å². The maximum Gasteiger partial charge on any atom is 0.315 e. The van der Waals surface area contributed by atoms with Crippen molar-refractivity contribution in [2.45, 2.75) is 64.0 Å². The fourth-order valence-corrected chi connectivity index (χ4v) is 3.39. The minimum atomic E-state index is -0.190. The number of aliphatic hydroxyl groups is 1. The number of aliphatic hydroxyl groups excluding tert-OH is 1. The molecule has 0 heterocycles. The lowest BCUT2D eigenvalue weighted by atomic mass is 9.87. The lowest BCUT2D eigenvalue weighted by Crippen LogP contribution is -2.45. The van der Waals surface area contributed by atoms with Crippen LogP contribution in [-0.2, 0) is 6.42 Å². The highest BCUT2D eigenvalue weighted by Gasteiger charge is 2.21. The molecule has 0 aromatic heterocycles. The van der Waals surface area contributed by atoms with Gasteiger partial charge in [-0.3, -0.25) is 0 Å². The van der Waals surface area contributed by atoms with Gasteiger partial charge in [-0.25, -0.2) is 4.79 Å². The van der Waals surface area contributed by atoms with Crippen LogP contribution in [0.2, 0.25) is 0 Å². The van der Waals surface area contributed by atoms with E-state index in [2.05, 4.69) is 29.7 Å². The molecule has 3 N–H and O–H groups in total. The highest BCUT2D eigenvalue weighted by molar-refractivity contribution is 5.74. The third kappa shape index (κ3) is 6.61. The lowest BCUT2D eigenvalue weighted by molar-refractivity contribution is 0.101. The Morgan fingerprint density at radius 2 is 2.09 bits per heavy atom. The first-order valence-corrected chi connectivity index (χ1v) is 8.93. The minimum absolute atomic E-state index is 0.0838. The van der Waals surface area contributed by atoms with Crippen molar-refractivity contribution in [2.75, 3.05) is 6.54 Å². The highest BCUT2D eigenvalue weighted by Crippen LogP contribution is 2.23. The monoisotopic (exact) mass is 318 g/mol. The molecule has 0 bridgehead atoms. The van der Waals surface area contributed by atoms with Crippen molar-refractivity contribution in [2.24, 2.45) is 5.92 Å². The topological polar surface area (TPSA) is 61.4 Å². The molecule has 2 amide bonds. The average Bonchev–Trinajstić information content (AvgIpc) is 2.54. The van der Waals surface area contributed by atoms with Crippen molar-refractivity contribution in [3.8, 4) is 0 Å². The molecule has 3 unspecified atom stereocenters. The third-order valence-electron chi connectivity index (χ3n) is 4.60. The molecule has 4 nitrogen and oxygen atoms in total. The fourth-order valence-electron chi connectivity index (χ4n) is 3.39. The molecular weight excluding hydrogens is 288 g/mol. The number of benzene rings is 1. The van der Waals surface area contributed by atoms with Crippen LogP contribution in [-0.4, -0.2) is 29.8 Å². The van der Waals surface area contributed by atoms with Gasteiger partial charge in [-0.05, 0) is 43.6 Å². The van der Waals surface area contributed by atoms with Gasteiger partial charge in [0.25, 0.3) is 0 Å². The van der Waals surface area contributed by atoms with Crippen LogP contribution in [0.1, 0.15) is 51.0 Å². The van der Waals surface area contributed by atoms with Gasteiger partial charge in [0.15, 0.2) is 0 Å². The van der Waals surface area contributed by atoms with Crippen molar-refractivity contribution in [3.63, 3.8) is 0 Å². The van der Waals surface area contributed by atoms with Crippen LogP contribution >= 0.6 is 0 Å². The number of hydrogen-bond acceptors (Lipinski definition) is 2. The summed E-state index contributed by atoms with van der Waals surface area (Å²) in [6, 6.07) is 10.4. The zero-order valence-electron chi connectivity index (χ0n) is 14.1. The van der Waals surface area contributed by atoms with E-state index in [-0.39, 0.29) is 18.2 Å². The molecule has 0 radical (unpaired) electrons. The van der Waals surface area contributed by atoms with E-state index in [1.54, 1.807) is 0 Å². The number of rotatable bonds is 7. The summed E-state index contributed by atoms with van der Waals surface area (Å²) >= 11 is 0. The summed E-state index contributed by atoms with van der Waals surface area (Å²) in [5.41, 5.74) is 1.25. The first-order chi connectivity index (χ1) is 11.2. The molecule has 128 valence electrons. The van der Waals surface area contributed by atoms with Crippen LogP contribution in [0.5, 0.6) is 0 Å². The van der Waals surface area contributed by atoms with E-state index in [9.17, 15) is 9.90 Å². The predicted molar refractivity (Wildman–Crippen MR) is 93.3 cm³/mol. The fraction of sp³-hybridized carbons (Fsp3) is 0.632. The lowest BCUT2D eigenvalue weighted by Gasteiger charge is -2.26. The SMILES string of the molecule is CCCC(Cc1ccccc1)NC(=O)NCC1CCCC(O)C1. The Balaban J connectivity index is 1.76. The minimum Gasteiger partial charge on any atom is -0.393 e. The molecule has 1 aliphatic rings. The molecule has 23 heavy (non-hydrogen) atoms. The van der Waals surface area contributed by atoms with Crippen molar-refractivity contribution in [1.82, 2.24) is 10.6 Å². The average molecular weight is 318 g/mol. The number of carbonyl (C=O) groups is 1. The van der Waals surface area contributed by atoms with Crippen LogP contribution < -0.4 is 10.6 Å². The largest absolute Gasteiger partial charge is 0.393 e. The zero-order chi connectivity index (χ0) is 16.5. The summed E-state index contributed by atoms with van der Waals surface area (Å²) in [7, 11) is 0. The summed E-state index contributed by atoms with van der Waals surface area (Å²) < 4.78 is 0. The molecule has 0 saturated heterocycles. The van der Waals surface area contributed by atoms with Crippen molar-refractivity contribution in [1.29, 1.82) is 0 Å². The molecule has 3 atom stereocenters. The van der Waals surface area contributed by atoms with Gasteiger partial charge in [-0.2, -0.15) is 0 Å². The summed E-state index contributed by atoms with van der Waals surface area (Å²) in [4.78, 5) is 12.2. The Hall–Kier alpha value is -1.55. The number of nitrogens with one attached hydrogen (secondary N) is 2. The van der Waals surface area contributed by atoms with Gasteiger partial charge in [0.2, 0.25) is 0 Å². The molecule has 1 saturated carbocycles. The predicted octanol–water partition coefficient (Wildman–Crippen LogP) is 3.25.